The molecule has 0 aromatic carbocycles. The number of hydrogen-bond acceptors (Lipinski definition) is 3. The molecule has 2 aromatic heterocycles. The van der Waals surface area contributed by atoms with Crippen molar-refractivity contribution >= 4 is 11.7 Å². The van der Waals surface area contributed by atoms with Gasteiger partial charge in [0, 0.05) is 18.4 Å². The third kappa shape index (κ3) is 4.06. The van der Waals surface area contributed by atoms with Gasteiger partial charge in [-0.15, -0.1) is 0 Å². The second-order valence-electron chi connectivity index (χ2n) is 6.80. The molecule has 6 nitrogen and oxygen atoms in total. The predicted octanol–water partition coefficient (Wildman–Crippen LogP) is 2.53. The average Bonchev–Trinajstić information content (AvgIpc) is 2.87. The van der Waals surface area contributed by atoms with E-state index in [1.165, 1.54) is 12.8 Å². The van der Waals surface area contributed by atoms with Crippen LogP contribution >= 0.6 is 0 Å². The molecule has 2 amide bonds. The van der Waals surface area contributed by atoms with Crippen molar-refractivity contribution < 1.29 is 9.90 Å². The summed E-state index contributed by atoms with van der Waals surface area (Å²) in [6, 6.07) is 5.67. The highest BCUT2D eigenvalue weighted by atomic mass is 16.3. The van der Waals surface area contributed by atoms with Crippen LogP contribution in [-0.4, -0.2) is 32.7 Å². The highest BCUT2D eigenvalue weighted by molar-refractivity contribution is 5.73. The van der Waals surface area contributed by atoms with Crippen LogP contribution in [0.3, 0.4) is 0 Å². The first-order valence-corrected chi connectivity index (χ1v) is 8.73. The van der Waals surface area contributed by atoms with Crippen LogP contribution in [0.4, 0.5) is 4.79 Å². The third-order valence-electron chi connectivity index (χ3n) is 4.79. The highest BCUT2D eigenvalue weighted by Gasteiger charge is 2.28. The zero-order chi connectivity index (χ0) is 17.0. The number of carbonyl (C=O) groups excluding carboxylic acids is 1. The number of hydrogen-bond donors (Lipinski definition) is 3. The summed E-state index contributed by atoms with van der Waals surface area (Å²) in [5.41, 5.74) is 2.03. The molecule has 2 aromatic rings. The van der Waals surface area contributed by atoms with Crippen molar-refractivity contribution in [2.45, 2.75) is 57.6 Å². The Morgan fingerprint density at radius 1 is 1.25 bits per heavy atom. The minimum Gasteiger partial charge on any atom is -0.388 e. The van der Waals surface area contributed by atoms with Crippen LogP contribution in [0.1, 0.15) is 49.9 Å². The monoisotopic (exact) mass is 330 g/mol. The molecule has 0 unspecified atom stereocenters. The summed E-state index contributed by atoms with van der Waals surface area (Å²) in [5, 5.41) is 16.2. The van der Waals surface area contributed by atoms with Gasteiger partial charge >= 0.3 is 6.03 Å². The Morgan fingerprint density at radius 3 is 2.71 bits per heavy atom. The van der Waals surface area contributed by atoms with E-state index in [2.05, 4.69) is 15.6 Å². The van der Waals surface area contributed by atoms with Crippen LogP contribution < -0.4 is 10.6 Å². The smallest absolute Gasteiger partial charge is 0.315 e. The van der Waals surface area contributed by atoms with Crippen molar-refractivity contribution in [3.05, 3.63) is 35.8 Å². The van der Waals surface area contributed by atoms with Crippen LogP contribution in [0.15, 0.2) is 24.4 Å². The number of rotatable bonds is 4. The molecule has 0 atom stereocenters. The number of amides is 2. The van der Waals surface area contributed by atoms with Gasteiger partial charge in [0.2, 0.25) is 0 Å². The molecule has 0 saturated heterocycles. The van der Waals surface area contributed by atoms with E-state index in [1.54, 1.807) is 0 Å². The van der Waals surface area contributed by atoms with Crippen LogP contribution in [0.5, 0.6) is 0 Å². The van der Waals surface area contributed by atoms with Crippen LogP contribution in [0, 0.1) is 6.92 Å². The molecule has 6 heteroatoms. The van der Waals surface area contributed by atoms with Gasteiger partial charge < -0.3 is 20.1 Å². The Kier molecular flexibility index (Phi) is 5.04. The van der Waals surface area contributed by atoms with Gasteiger partial charge in [0.05, 0.1) is 17.8 Å². The number of aromatic nitrogens is 2. The van der Waals surface area contributed by atoms with Gasteiger partial charge in [-0.1, -0.05) is 31.7 Å². The van der Waals surface area contributed by atoms with Gasteiger partial charge in [0.25, 0.3) is 0 Å². The van der Waals surface area contributed by atoms with E-state index < -0.39 is 5.60 Å². The molecule has 1 saturated carbocycles. The lowest BCUT2D eigenvalue weighted by Gasteiger charge is -2.26. The van der Waals surface area contributed by atoms with E-state index >= 15 is 0 Å². The Balaban J connectivity index is 1.50. The van der Waals surface area contributed by atoms with Gasteiger partial charge in [-0.3, -0.25) is 0 Å². The van der Waals surface area contributed by atoms with Gasteiger partial charge in [0.15, 0.2) is 0 Å². The quantitative estimate of drug-likeness (QED) is 0.754. The fourth-order valence-corrected chi connectivity index (χ4v) is 3.33. The minimum absolute atomic E-state index is 0.263. The first kappa shape index (κ1) is 16.8. The number of nitrogens with zero attached hydrogens (tertiary/aromatic N) is 2. The number of aryl methyl sites for hydroxylation is 1. The number of nitrogens with one attached hydrogen (secondary N) is 2. The summed E-state index contributed by atoms with van der Waals surface area (Å²) in [6.45, 7) is 2.69. The zero-order valence-corrected chi connectivity index (χ0v) is 14.2. The van der Waals surface area contributed by atoms with Crippen molar-refractivity contribution in [1.82, 2.24) is 20.0 Å². The maximum atomic E-state index is 12.0. The van der Waals surface area contributed by atoms with Crippen LogP contribution in [0.2, 0.25) is 0 Å². The van der Waals surface area contributed by atoms with Crippen molar-refractivity contribution in [2.75, 3.05) is 6.54 Å². The number of aliphatic hydroxyl groups is 1. The molecule has 0 spiro atoms. The van der Waals surface area contributed by atoms with Crippen LogP contribution in [-0.2, 0) is 6.54 Å². The first-order chi connectivity index (χ1) is 11.6. The Labute approximate surface area is 142 Å². The summed E-state index contributed by atoms with van der Waals surface area (Å²) in [5.74, 6) is 0. The zero-order valence-electron chi connectivity index (χ0n) is 14.2. The predicted molar refractivity (Wildman–Crippen MR) is 92.8 cm³/mol. The minimum atomic E-state index is -0.756. The van der Waals surface area contributed by atoms with Crippen LogP contribution in [0.25, 0.3) is 5.65 Å². The first-order valence-electron chi connectivity index (χ1n) is 8.73. The molecule has 2 heterocycles. The lowest BCUT2D eigenvalue weighted by atomic mass is 9.95. The highest BCUT2D eigenvalue weighted by Crippen LogP contribution is 2.26. The summed E-state index contributed by atoms with van der Waals surface area (Å²) in [7, 11) is 0. The fraction of sp³-hybridized carbons (Fsp3) is 0.556. The molecule has 3 rings (SSSR count). The number of urea groups is 1. The molecule has 3 N–H and O–H groups in total. The maximum Gasteiger partial charge on any atom is 0.315 e. The fourth-order valence-electron chi connectivity index (χ4n) is 3.33. The molecular weight excluding hydrogens is 304 g/mol. The van der Waals surface area contributed by atoms with Gasteiger partial charge in [0.1, 0.15) is 5.65 Å². The van der Waals surface area contributed by atoms with E-state index in [0.717, 1.165) is 42.7 Å². The molecule has 24 heavy (non-hydrogen) atoms. The van der Waals surface area contributed by atoms with Gasteiger partial charge in [-0.2, -0.15) is 0 Å². The Morgan fingerprint density at radius 2 is 2.00 bits per heavy atom. The Bertz CT molecular complexity index is 702. The van der Waals surface area contributed by atoms with E-state index in [1.807, 2.05) is 35.7 Å². The summed E-state index contributed by atoms with van der Waals surface area (Å²) >= 11 is 0. The lowest BCUT2D eigenvalue weighted by molar-refractivity contribution is 0.0276. The topological polar surface area (TPSA) is 78.7 Å². The number of imidazole rings is 1. The van der Waals surface area contributed by atoms with Crippen molar-refractivity contribution in [1.29, 1.82) is 0 Å². The molecule has 1 aliphatic carbocycles. The second-order valence-corrected chi connectivity index (χ2v) is 6.80. The van der Waals surface area contributed by atoms with Gasteiger partial charge in [-0.05, 0) is 31.9 Å². The van der Waals surface area contributed by atoms with Crippen molar-refractivity contribution in [3.8, 4) is 0 Å². The lowest BCUT2D eigenvalue weighted by Crippen LogP contribution is -2.46. The molecule has 1 fully saturated rings. The molecular formula is C18H26N4O2. The average molecular weight is 330 g/mol. The number of fused-ring (bicyclic) bond motifs is 1. The number of carbonyl (C=O) groups is 1. The van der Waals surface area contributed by atoms with E-state index in [0.29, 0.717) is 13.1 Å². The normalized spacial score (nSPS) is 17.4. The van der Waals surface area contributed by atoms with Crippen molar-refractivity contribution in [3.63, 3.8) is 0 Å². The Hall–Kier alpha value is -2.08. The molecule has 0 bridgehead atoms. The SMILES string of the molecule is Cc1cccc2nc(CNC(=O)NCC3(O)CCCCCC3)cn12. The molecule has 0 radical (unpaired) electrons. The third-order valence-corrected chi connectivity index (χ3v) is 4.79. The largest absolute Gasteiger partial charge is 0.388 e. The summed E-state index contributed by atoms with van der Waals surface area (Å²) in [6.07, 6.45) is 7.85. The van der Waals surface area contributed by atoms with E-state index in [4.69, 9.17) is 0 Å². The molecule has 0 aliphatic heterocycles. The maximum absolute atomic E-state index is 12.0. The molecule has 130 valence electrons. The van der Waals surface area contributed by atoms with E-state index in [-0.39, 0.29) is 6.03 Å². The number of pyridine rings is 1. The summed E-state index contributed by atoms with van der Waals surface area (Å²) < 4.78 is 2.00. The standard InChI is InChI=1S/C18H26N4O2/c1-14-7-6-8-16-21-15(12-22(14)16)11-19-17(23)20-13-18(24)9-4-2-3-5-10-18/h6-8,12,24H,2-5,9-11,13H2,1H3,(H2,19,20,23). The van der Waals surface area contributed by atoms with E-state index in [9.17, 15) is 9.90 Å². The van der Waals surface area contributed by atoms with Crippen molar-refractivity contribution in [2.24, 2.45) is 0 Å². The second kappa shape index (κ2) is 7.21. The molecule has 1 aliphatic rings. The van der Waals surface area contributed by atoms with Gasteiger partial charge in [-0.25, -0.2) is 9.78 Å². The summed E-state index contributed by atoms with van der Waals surface area (Å²) in [4.78, 5) is 16.5.